The molecule has 0 aliphatic rings. The lowest BCUT2D eigenvalue weighted by Gasteiger charge is -2.09. The molecule has 0 aliphatic heterocycles. The quantitative estimate of drug-likeness (QED) is 0.771. The molecule has 0 spiro atoms. The second kappa shape index (κ2) is 5.00. The minimum absolute atomic E-state index is 0.0720. The van der Waals surface area contributed by atoms with Crippen LogP contribution in [0, 0.1) is 12.7 Å². The van der Waals surface area contributed by atoms with Gasteiger partial charge in [0.15, 0.2) is 6.29 Å². The lowest BCUT2D eigenvalue weighted by molar-refractivity contribution is 0.112. The van der Waals surface area contributed by atoms with Crippen LogP contribution < -0.4 is 4.74 Å². The highest BCUT2D eigenvalue weighted by atomic mass is 19.1. The zero-order valence-electron chi connectivity index (χ0n) is 10.2. The smallest absolute Gasteiger partial charge is 0.153 e. The Labute approximate surface area is 105 Å². The molecule has 0 bridgehead atoms. The average Bonchev–Trinajstić information content (AvgIpc) is 2.39. The second-order valence-electron chi connectivity index (χ2n) is 4.03. The van der Waals surface area contributed by atoms with Crippen molar-refractivity contribution in [2.45, 2.75) is 6.92 Å². The molecule has 2 rings (SSSR count). The molecule has 3 heteroatoms. The van der Waals surface area contributed by atoms with Gasteiger partial charge in [-0.15, -0.1) is 0 Å². The number of hydrogen-bond donors (Lipinski definition) is 0. The molecule has 2 aromatic rings. The molecule has 0 N–H and O–H groups in total. The summed E-state index contributed by atoms with van der Waals surface area (Å²) < 4.78 is 18.4. The summed E-state index contributed by atoms with van der Waals surface area (Å²) in [7, 11) is 1.61. The van der Waals surface area contributed by atoms with Gasteiger partial charge >= 0.3 is 0 Å². The highest BCUT2D eigenvalue weighted by Gasteiger charge is 2.07. The maximum Gasteiger partial charge on any atom is 0.153 e. The number of benzene rings is 2. The first kappa shape index (κ1) is 12.3. The van der Waals surface area contributed by atoms with E-state index in [1.807, 2.05) is 25.1 Å². The third-order valence-corrected chi connectivity index (χ3v) is 2.87. The van der Waals surface area contributed by atoms with Gasteiger partial charge in [-0.2, -0.15) is 0 Å². The lowest BCUT2D eigenvalue weighted by atomic mass is 9.98. The molecular weight excluding hydrogens is 231 g/mol. The molecule has 0 unspecified atom stereocenters. The van der Waals surface area contributed by atoms with Crippen molar-refractivity contribution in [3.8, 4) is 16.9 Å². The molecule has 0 heterocycles. The fourth-order valence-electron chi connectivity index (χ4n) is 1.89. The van der Waals surface area contributed by atoms with Crippen molar-refractivity contribution in [2.24, 2.45) is 0 Å². The van der Waals surface area contributed by atoms with Gasteiger partial charge in [-0.25, -0.2) is 4.39 Å². The van der Waals surface area contributed by atoms with Crippen molar-refractivity contribution in [3.63, 3.8) is 0 Å². The van der Waals surface area contributed by atoms with Gasteiger partial charge in [-0.1, -0.05) is 12.1 Å². The van der Waals surface area contributed by atoms with Gasteiger partial charge in [-0.05, 0) is 47.9 Å². The molecule has 18 heavy (non-hydrogen) atoms. The fourth-order valence-corrected chi connectivity index (χ4v) is 1.89. The van der Waals surface area contributed by atoms with Gasteiger partial charge in [0.2, 0.25) is 0 Å². The van der Waals surface area contributed by atoms with E-state index >= 15 is 0 Å². The number of aldehydes is 1. The van der Waals surface area contributed by atoms with E-state index in [1.54, 1.807) is 19.2 Å². The van der Waals surface area contributed by atoms with Gasteiger partial charge in [0.05, 0.1) is 12.7 Å². The van der Waals surface area contributed by atoms with Crippen molar-refractivity contribution in [1.82, 2.24) is 0 Å². The Balaban J connectivity index is 2.51. The highest BCUT2D eigenvalue weighted by Crippen LogP contribution is 2.27. The largest absolute Gasteiger partial charge is 0.497 e. The fraction of sp³-hybridized carbons (Fsp3) is 0.133. The SMILES string of the molecule is COc1ccc(-c2ccc(F)c(C=O)c2)c(C)c1. The van der Waals surface area contributed by atoms with Crippen LogP contribution in [0.5, 0.6) is 5.75 Å². The third kappa shape index (κ3) is 2.25. The summed E-state index contributed by atoms with van der Waals surface area (Å²) in [6, 6.07) is 10.2. The van der Waals surface area contributed by atoms with Crippen molar-refractivity contribution in [2.75, 3.05) is 7.11 Å². The lowest BCUT2D eigenvalue weighted by Crippen LogP contribution is -1.91. The van der Waals surface area contributed by atoms with Crippen LogP contribution in [0.1, 0.15) is 15.9 Å². The molecule has 0 aromatic heterocycles. The number of ether oxygens (including phenoxy) is 1. The molecule has 0 fully saturated rings. The minimum atomic E-state index is -0.500. The van der Waals surface area contributed by atoms with Crippen molar-refractivity contribution in [3.05, 3.63) is 53.3 Å². The van der Waals surface area contributed by atoms with Crippen LogP contribution in [-0.4, -0.2) is 13.4 Å². The topological polar surface area (TPSA) is 26.3 Å². The number of methoxy groups -OCH3 is 1. The normalized spacial score (nSPS) is 10.2. The van der Waals surface area contributed by atoms with Crippen LogP contribution in [0.3, 0.4) is 0 Å². The zero-order valence-corrected chi connectivity index (χ0v) is 10.2. The van der Waals surface area contributed by atoms with Gasteiger partial charge in [0.25, 0.3) is 0 Å². The molecule has 0 amide bonds. The molecular formula is C15H13FO2. The Morgan fingerprint density at radius 3 is 2.56 bits per heavy atom. The molecule has 0 aliphatic carbocycles. The van der Waals surface area contributed by atoms with E-state index in [4.69, 9.17) is 4.74 Å². The van der Waals surface area contributed by atoms with Crippen LogP contribution in [0.4, 0.5) is 4.39 Å². The first-order valence-electron chi connectivity index (χ1n) is 5.55. The van der Waals surface area contributed by atoms with E-state index in [0.29, 0.717) is 6.29 Å². The number of halogens is 1. The van der Waals surface area contributed by atoms with Crippen molar-refractivity contribution >= 4 is 6.29 Å². The van der Waals surface area contributed by atoms with Crippen molar-refractivity contribution in [1.29, 1.82) is 0 Å². The van der Waals surface area contributed by atoms with E-state index in [1.165, 1.54) is 6.07 Å². The first-order valence-corrected chi connectivity index (χ1v) is 5.55. The molecule has 2 aromatic carbocycles. The van der Waals surface area contributed by atoms with E-state index in [0.717, 1.165) is 22.4 Å². The Bertz CT molecular complexity index is 591. The summed E-state index contributed by atoms with van der Waals surface area (Å²) in [5.41, 5.74) is 2.86. The molecule has 0 atom stereocenters. The van der Waals surface area contributed by atoms with Crippen LogP contribution in [0.25, 0.3) is 11.1 Å². The van der Waals surface area contributed by atoms with Crippen LogP contribution in [-0.2, 0) is 0 Å². The number of aryl methyl sites for hydroxylation is 1. The Morgan fingerprint density at radius 1 is 1.17 bits per heavy atom. The molecule has 0 saturated carbocycles. The Hall–Kier alpha value is -2.16. The average molecular weight is 244 g/mol. The predicted octanol–water partition coefficient (Wildman–Crippen LogP) is 3.62. The minimum Gasteiger partial charge on any atom is -0.497 e. The van der Waals surface area contributed by atoms with E-state index in [2.05, 4.69) is 0 Å². The molecule has 0 radical (unpaired) electrons. The van der Waals surface area contributed by atoms with Crippen LogP contribution in [0.2, 0.25) is 0 Å². The van der Waals surface area contributed by atoms with Gasteiger partial charge in [0.1, 0.15) is 11.6 Å². The van der Waals surface area contributed by atoms with Crippen LogP contribution in [0.15, 0.2) is 36.4 Å². The van der Waals surface area contributed by atoms with Gasteiger partial charge in [-0.3, -0.25) is 4.79 Å². The van der Waals surface area contributed by atoms with Gasteiger partial charge < -0.3 is 4.74 Å². The summed E-state index contributed by atoms with van der Waals surface area (Å²) >= 11 is 0. The van der Waals surface area contributed by atoms with E-state index in [9.17, 15) is 9.18 Å². The summed E-state index contributed by atoms with van der Waals surface area (Å²) in [5, 5.41) is 0. The highest BCUT2D eigenvalue weighted by molar-refractivity contribution is 5.80. The molecule has 92 valence electrons. The van der Waals surface area contributed by atoms with E-state index in [-0.39, 0.29) is 5.56 Å². The zero-order chi connectivity index (χ0) is 13.1. The van der Waals surface area contributed by atoms with Crippen LogP contribution >= 0.6 is 0 Å². The standard InChI is InChI=1S/C15H13FO2/c1-10-7-13(18-2)4-5-14(10)11-3-6-15(16)12(8-11)9-17/h3-9H,1-2H3. The number of carbonyl (C=O) groups excluding carboxylic acids is 1. The predicted molar refractivity (Wildman–Crippen MR) is 68.5 cm³/mol. The summed E-state index contributed by atoms with van der Waals surface area (Å²) in [4.78, 5) is 10.7. The van der Waals surface area contributed by atoms with E-state index < -0.39 is 5.82 Å². The summed E-state index contributed by atoms with van der Waals surface area (Å²) in [6.07, 6.45) is 0.525. The summed E-state index contributed by atoms with van der Waals surface area (Å²) in [5.74, 6) is 0.272. The monoisotopic (exact) mass is 244 g/mol. The molecule has 2 nitrogen and oxygen atoms in total. The first-order chi connectivity index (χ1) is 8.65. The molecule has 0 saturated heterocycles. The number of carbonyl (C=O) groups is 1. The maximum absolute atomic E-state index is 13.3. The second-order valence-corrected chi connectivity index (χ2v) is 4.03. The maximum atomic E-state index is 13.3. The number of hydrogen-bond acceptors (Lipinski definition) is 2. The van der Waals surface area contributed by atoms with Gasteiger partial charge in [0, 0.05) is 0 Å². The summed E-state index contributed by atoms with van der Waals surface area (Å²) in [6.45, 7) is 1.95. The number of rotatable bonds is 3. The Kier molecular flexibility index (Phi) is 3.42. The third-order valence-electron chi connectivity index (χ3n) is 2.87. The van der Waals surface area contributed by atoms with Crippen molar-refractivity contribution < 1.29 is 13.9 Å². The Morgan fingerprint density at radius 2 is 1.94 bits per heavy atom.